The average Bonchev–Trinajstić information content (AvgIpc) is 3.25. The van der Waals surface area contributed by atoms with E-state index < -0.39 is 64.5 Å². The van der Waals surface area contributed by atoms with Crippen molar-refractivity contribution in [3.05, 3.63) is 24.3 Å². The van der Waals surface area contributed by atoms with Gasteiger partial charge in [-0.25, -0.2) is 4.57 Å². The van der Waals surface area contributed by atoms with Crippen molar-refractivity contribution in [2.24, 2.45) is 0 Å². The zero-order chi connectivity index (χ0) is 45.8. The predicted molar refractivity (Wildman–Crippen MR) is 248 cm³/mol. The van der Waals surface area contributed by atoms with E-state index in [9.17, 15) is 29.3 Å². The molecule has 0 heterocycles. The largest absolute Gasteiger partial charge is 0.472 e. The Morgan fingerprint density at radius 3 is 1.36 bits per heavy atom. The van der Waals surface area contributed by atoms with E-state index in [0.29, 0.717) is 12.8 Å². The van der Waals surface area contributed by atoms with E-state index in [0.717, 1.165) is 38.5 Å². The highest BCUT2D eigenvalue weighted by atomic mass is 31.2. The summed E-state index contributed by atoms with van der Waals surface area (Å²) in [6.45, 7) is 0.188. The minimum Gasteiger partial charge on any atom is -0.462 e. The molecule has 5 atom stereocenters. The summed E-state index contributed by atoms with van der Waals surface area (Å²) in [6, 6.07) is 0. The second kappa shape index (κ2) is 45.0. The molecule has 0 aliphatic heterocycles. The Balaban J connectivity index is 4.49. The van der Waals surface area contributed by atoms with Crippen LogP contribution in [-0.2, 0) is 32.7 Å². The van der Waals surface area contributed by atoms with Gasteiger partial charge in [0.05, 0.1) is 21.2 Å². The monoisotopic (exact) mass is 890 g/mol. The first-order chi connectivity index (χ1) is 30.1. The van der Waals surface area contributed by atoms with E-state index in [2.05, 4.69) is 38.2 Å². The number of phosphoric ester groups is 1. The second-order valence-corrected chi connectivity index (χ2v) is 18.2. The average molecular weight is 890 g/mol. The number of ether oxygens (including phenoxy) is 2. The lowest BCUT2D eigenvalue weighted by Crippen LogP contribution is -2.35. The third kappa shape index (κ3) is 42.1. The number of aliphatic hydroxyl groups excluding tert-OH is 3. The van der Waals surface area contributed by atoms with E-state index in [-0.39, 0.29) is 12.8 Å². The molecule has 0 aliphatic rings. The van der Waals surface area contributed by atoms with Crippen LogP contribution in [0.2, 0.25) is 0 Å². The third-order valence-electron chi connectivity index (χ3n) is 10.9. The molecule has 0 fully saturated rings. The van der Waals surface area contributed by atoms with E-state index in [1.807, 2.05) is 0 Å². The van der Waals surface area contributed by atoms with Crippen LogP contribution in [0.15, 0.2) is 24.3 Å². The number of carbonyl (C=O) groups excluding carboxylic acids is 2. The first kappa shape index (κ1) is 57.4. The fourth-order valence-electron chi connectivity index (χ4n) is 6.99. The number of carbonyl (C=O) groups is 2. The van der Waals surface area contributed by atoms with Crippen molar-refractivity contribution in [3.63, 3.8) is 0 Å². The van der Waals surface area contributed by atoms with E-state index in [1.165, 1.54) is 154 Å². The van der Waals surface area contributed by atoms with Crippen LogP contribution in [0, 0.1) is 0 Å². The van der Waals surface area contributed by atoms with E-state index in [1.54, 1.807) is 0 Å². The van der Waals surface area contributed by atoms with Gasteiger partial charge in [-0.2, -0.15) is 0 Å². The van der Waals surface area contributed by atoms with Crippen LogP contribution in [0.4, 0.5) is 0 Å². The Morgan fingerprint density at radius 2 is 0.918 bits per heavy atom. The Hall–Kier alpha value is -1.59. The fraction of sp³-hybridized carbons (Fsp3) is 0.878. The van der Waals surface area contributed by atoms with Crippen LogP contribution in [0.1, 0.15) is 234 Å². The van der Waals surface area contributed by atoms with Gasteiger partial charge in [-0.3, -0.25) is 18.6 Å². The summed E-state index contributed by atoms with van der Waals surface area (Å²) >= 11 is 0. The molecule has 2 unspecified atom stereocenters. The van der Waals surface area contributed by atoms with Crippen molar-refractivity contribution >= 4 is 19.8 Å². The van der Waals surface area contributed by atoms with Crippen molar-refractivity contribution in [1.29, 1.82) is 0 Å². The van der Waals surface area contributed by atoms with Gasteiger partial charge < -0.3 is 29.7 Å². The molecule has 61 heavy (non-hydrogen) atoms. The molecular formula is C49H93O11P. The minimum atomic E-state index is -4.96. The first-order valence-electron chi connectivity index (χ1n) is 25.3. The molecule has 0 aromatic heterocycles. The van der Waals surface area contributed by atoms with Crippen molar-refractivity contribution < 1.29 is 54.3 Å². The molecule has 0 spiro atoms. The molecule has 0 aliphatic carbocycles. The number of hydrogen-bond acceptors (Lipinski definition) is 10. The molecule has 0 saturated carbocycles. The van der Waals surface area contributed by atoms with Crippen LogP contribution in [0.25, 0.3) is 0 Å². The van der Waals surface area contributed by atoms with Gasteiger partial charge in [-0.15, -0.1) is 0 Å². The number of aliphatic hydroxyl groups is 3. The smallest absolute Gasteiger partial charge is 0.462 e. The van der Waals surface area contributed by atoms with Crippen molar-refractivity contribution in [2.45, 2.75) is 250 Å². The number of esters is 2. The first-order valence-corrected chi connectivity index (χ1v) is 26.3. The quantitative estimate of drug-likeness (QED) is 0.0198. The number of phosphoric acid groups is 1. The molecule has 0 radical (unpaired) electrons. The highest BCUT2D eigenvalue weighted by Gasteiger charge is 2.32. The molecule has 12 heteroatoms. The molecule has 4 N–H and O–H groups in total. The second-order valence-electron chi connectivity index (χ2n) is 16.8. The standard InChI is InChI=1S/C49H93O11P/c1-3-5-7-9-11-13-15-17-19-20-21-22-23-24-26-28-30-32-34-36-38-40-49(54)59-45(44-58-61(55,56)60-47(42-51)46(52)41-50)43-57-48(53)39-37-35-33-31-29-27-25-18-16-14-12-10-8-6-4-2/h11,13,30,32,45-47,50-52H,3-10,12,14-29,31,33-44H2,1-2H3,(H,55,56)/b13-11-,32-30-/t45-,46-,47-/m1/s1/i43D/t43?,45-,46-,47-. The molecule has 0 aromatic rings. The fourth-order valence-corrected chi connectivity index (χ4v) is 7.94. The molecule has 0 saturated heterocycles. The zero-order valence-corrected chi connectivity index (χ0v) is 39.8. The number of allylic oxidation sites excluding steroid dienone is 4. The zero-order valence-electron chi connectivity index (χ0n) is 39.9. The number of unbranched alkanes of at least 4 members (excludes halogenated alkanes) is 28. The van der Waals surface area contributed by atoms with Gasteiger partial charge in [0.25, 0.3) is 0 Å². The topological polar surface area (TPSA) is 169 Å². The van der Waals surface area contributed by atoms with Crippen LogP contribution < -0.4 is 0 Å². The van der Waals surface area contributed by atoms with Gasteiger partial charge in [-0.1, -0.05) is 179 Å². The van der Waals surface area contributed by atoms with Gasteiger partial charge >= 0.3 is 19.8 Å². The molecule has 0 amide bonds. The summed E-state index contributed by atoms with van der Waals surface area (Å²) < 4.78 is 41.4. The predicted octanol–water partition coefficient (Wildman–Crippen LogP) is 12.7. The van der Waals surface area contributed by atoms with Gasteiger partial charge in [0, 0.05) is 12.8 Å². The minimum absolute atomic E-state index is 0.0302. The van der Waals surface area contributed by atoms with Crippen LogP contribution in [0.3, 0.4) is 0 Å². The third-order valence-corrected chi connectivity index (χ3v) is 11.9. The maximum absolute atomic E-state index is 12.8. The highest BCUT2D eigenvalue weighted by Crippen LogP contribution is 2.45. The Labute approximate surface area is 374 Å². The van der Waals surface area contributed by atoms with Crippen molar-refractivity contribution in [2.75, 3.05) is 26.4 Å². The SMILES string of the molecule is [2H]C(OC(=O)CCCCCCCCCCCCCCCCC)[C@H](COP(=O)(O)O[C@H](CO)[C@H](O)CO)OC(=O)CCCC/C=C\CCCCCCCCCC/C=C\CCCCC. The summed E-state index contributed by atoms with van der Waals surface area (Å²) in [4.78, 5) is 35.6. The molecule has 0 aromatic carbocycles. The lowest BCUT2D eigenvalue weighted by Gasteiger charge is -2.24. The summed E-state index contributed by atoms with van der Waals surface area (Å²) in [5, 5.41) is 28.3. The van der Waals surface area contributed by atoms with Crippen LogP contribution >= 0.6 is 7.82 Å². The summed E-state index contributed by atoms with van der Waals surface area (Å²) in [7, 11) is -4.96. The number of hydrogen-bond donors (Lipinski definition) is 4. The van der Waals surface area contributed by atoms with Crippen LogP contribution in [-0.4, -0.2) is 76.9 Å². The summed E-state index contributed by atoms with van der Waals surface area (Å²) in [6.07, 6.45) is 41.9. The van der Waals surface area contributed by atoms with Crippen molar-refractivity contribution in [1.82, 2.24) is 0 Å². The maximum atomic E-state index is 12.8. The van der Waals surface area contributed by atoms with E-state index >= 15 is 0 Å². The van der Waals surface area contributed by atoms with Gasteiger partial charge in [0.1, 0.15) is 18.8 Å². The molecule has 360 valence electrons. The molecule has 0 bridgehead atoms. The molecular weight excluding hydrogens is 796 g/mol. The lowest BCUT2D eigenvalue weighted by atomic mass is 10.0. The van der Waals surface area contributed by atoms with Crippen LogP contribution in [0.5, 0.6) is 0 Å². The van der Waals surface area contributed by atoms with Gasteiger partial charge in [0.2, 0.25) is 0 Å². The van der Waals surface area contributed by atoms with Gasteiger partial charge in [0.15, 0.2) is 6.10 Å². The molecule has 11 nitrogen and oxygen atoms in total. The Bertz CT molecular complexity index is 1120. The van der Waals surface area contributed by atoms with Gasteiger partial charge in [-0.05, 0) is 64.2 Å². The maximum Gasteiger partial charge on any atom is 0.472 e. The van der Waals surface area contributed by atoms with Crippen molar-refractivity contribution in [3.8, 4) is 0 Å². The Kier molecular flexibility index (Phi) is 42.4. The Morgan fingerprint density at radius 1 is 0.557 bits per heavy atom. The normalized spacial score (nSPS) is 15.1. The number of rotatable bonds is 47. The highest BCUT2D eigenvalue weighted by molar-refractivity contribution is 7.47. The van der Waals surface area contributed by atoms with E-state index in [4.69, 9.17) is 25.0 Å². The summed E-state index contributed by atoms with van der Waals surface area (Å²) in [5.74, 6) is -1.32. The lowest BCUT2D eigenvalue weighted by molar-refractivity contribution is -0.161. The molecule has 0 rings (SSSR count). The summed E-state index contributed by atoms with van der Waals surface area (Å²) in [5.41, 5.74) is 0.